The van der Waals surface area contributed by atoms with Gasteiger partial charge < -0.3 is 32.1 Å². The molecule has 63 heavy (non-hydrogen) atoms. The van der Waals surface area contributed by atoms with Crippen LogP contribution in [0.15, 0.2) is 164 Å². The Balaban J connectivity index is 1.31. The summed E-state index contributed by atoms with van der Waals surface area (Å²) in [5, 5.41) is 5.89. The summed E-state index contributed by atoms with van der Waals surface area (Å²) in [4.78, 5) is 0. The third-order valence-electron chi connectivity index (χ3n) is 10.5. The van der Waals surface area contributed by atoms with Crippen molar-refractivity contribution in [3.05, 3.63) is 175 Å². The molecule has 0 aliphatic carbocycles. The Kier molecular flexibility index (Phi) is 13.3. The van der Waals surface area contributed by atoms with Gasteiger partial charge in [0.25, 0.3) is 0 Å². The molecule has 8 rings (SSSR count). The first-order valence-corrected chi connectivity index (χ1v) is 23.0. The van der Waals surface area contributed by atoms with Crippen LogP contribution in [0, 0.1) is 0 Å². The fourth-order valence-electron chi connectivity index (χ4n) is 7.38. The molecule has 8 aromatic carbocycles. The molecule has 8 aromatic rings. The average Bonchev–Trinajstić information content (AvgIpc) is 3.30. The fourth-order valence-corrected chi connectivity index (χ4v) is 9.53. The van der Waals surface area contributed by atoms with Crippen LogP contribution in [0.3, 0.4) is 0 Å². The largest absolute Gasteiger partial charge is 0.530 e. The third kappa shape index (κ3) is 9.70. The van der Waals surface area contributed by atoms with E-state index in [1.807, 2.05) is 127 Å². The highest BCUT2D eigenvalue weighted by atomic mass is 31.2. The molecule has 320 valence electrons. The summed E-state index contributed by atoms with van der Waals surface area (Å²) >= 11 is 0. The van der Waals surface area contributed by atoms with Gasteiger partial charge in [-0.15, -0.1) is 6.58 Å². The van der Waals surface area contributed by atoms with Gasteiger partial charge in [0.15, 0.2) is 0 Å². The molecule has 0 heterocycles. The molecule has 0 aliphatic heterocycles. The molecule has 0 aromatic heterocycles. The summed E-state index contributed by atoms with van der Waals surface area (Å²) in [6.45, 7) is 12.6. The highest BCUT2D eigenvalue weighted by molar-refractivity contribution is 7.43. The zero-order valence-corrected chi connectivity index (χ0v) is 38.1. The molecule has 1 atom stereocenters. The van der Waals surface area contributed by atoms with Crippen molar-refractivity contribution in [2.75, 3.05) is 20.8 Å². The second-order valence-electron chi connectivity index (χ2n) is 15.7. The zero-order chi connectivity index (χ0) is 43.9. The number of benzene rings is 8. The summed E-state index contributed by atoms with van der Waals surface area (Å²) in [7, 11) is -0.915. The molecular weight excluding hydrogens is 827 g/mol. The lowest BCUT2D eigenvalue weighted by molar-refractivity contribution is 0.293. The quantitative estimate of drug-likeness (QED) is 0.0661. The van der Waals surface area contributed by atoms with E-state index in [1.54, 1.807) is 20.3 Å². The van der Waals surface area contributed by atoms with Crippen molar-refractivity contribution in [3.63, 3.8) is 0 Å². The van der Waals surface area contributed by atoms with Gasteiger partial charge in [-0.3, -0.25) is 4.52 Å². The molecule has 0 saturated carbocycles. The Hall–Kier alpha value is -6.30. The van der Waals surface area contributed by atoms with Gasteiger partial charge in [-0.25, -0.2) is 0 Å². The van der Waals surface area contributed by atoms with Gasteiger partial charge in [0, 0.05) is 32.8 Å². The molecule has 1 unspecified atom stereocenters. The third-order valence-corrected chi connectivity index (χ3v) is 12.6. The maximum absolute atomic E-state index is 7.19. The predicted molar refractivity (Wildman–Crippen MR) is 258 cm³/mol. The number of hydrogen-bond acceptors (Lipinski definition) is 8. The van der Waals surface area contributed by atoms with Gasteiger partial charge in [-0.1, -0.05) is 143 Å². The van der Waals surface area contributed by atoms with Crippen LogP contribution in [0.1, 0.15) is 38.8 Å². The summed E-state index contributed by atoms with van der Waals surface area (Å²) in [6, 6.07) is 50.0. The van der Waals surface area contributed by atoms with E-state index in [2.05, 4.69) is 58.5 Å². The Morgan fingerprint density at radius 1 is 0.508 bits per heavy atom. The van der Waals surface area contributed by atoms with E-state index < -0.39 is 22.6 Å². The zero-order valence-electron chi connectivity index (χ0n) is 36.3. The molecule has 10 heteroatoms. The van der Waals surface area contributed by atoms with Crippen LogP contribution in [-0.2, 0) is 16.4 Å². The Bertz CT molecular complexity index is 2790. The predicted octanol–water partition coefficient (Wildman–Crippen LogP) is 15.3. The summed E-state index contributed by atoms with van der Waals surface area (Å²) in [5.41, 5.74) is 2.63. The maximum Gasteiger partial charge on any atom is 0.530 e. The molecule has 0 spiro atoms. The Morgan fingerprint density at radius 2 is 0.937 bits per heavy atom. The SMILES string of the molecule is C=CCOP(Oc1c(-c2cc(OC)cc(CC)c2OP(Oc2cccc3ccccc23)Oc2cccc3ccccc23)cc(OC)cc1C(C)(C)C)Oc1cccc2ccccc12. The van der Waals surface area contributed by atoms with E-state index in [0.29, 0.717) is 57.8 Å². The minimum absolute atomic E-state index is 0.196. The number of methoxy groups -OCH3 is 2. The topological polar surface area (TPSA) is 73.8 Å². The smallest absolute Gasteiger partial charge is 0.497 e. The first-order valence-electron chi connectivity index (χ1n) is 20.8. The number of ether oxygens (including phenoxy) is 2. The van der Waals surface area contributed by atoms with Crippen molar-refractivity contribution in [1.82, 2.24) is 0 Å². The second-order valence-corrected chi connectivity index (χ2v) is 17.8. The van der Waals surface area contributed by atoms with E-state index in [1.165, 1.54) is 0 Å². The lowest BCUT2D eigenvalue weighted by atomic mass is 9.83. The first kappa shape index (κ1) is 43.4. The van der Waals surface area contributed by atoms with Crippen LogP contribution >= 0.6 is 17.2 Å². The normalized spacial score (nSPS) is 12.0. The van der Waals surface area contributed by atoms with Crippen molar-refractivity contribution in [1.29, 1.82) is 0 Å². The molecule has 8 nitrogen and oxygen atoms in total. The summed E-state index contributed by atoms with van der Waals surface area (Å²) in [5.74, 6) is 4.22. The number of rotatable bonds is 17. The summed E-state index contributed by atoms with van der Waals surface area (Å²) < 4.78 is 53.0. The minimum Gasteiger partial charge on any atom is -0.497 e. The van der Waals surface area contributed by atoms with Gasteiger partial charge >= 0.3 is 17.2 Å². The molecule has 0 saturated heterocycles. The van der Waals surface area contributed by atoms with Crippen molar-refractivity contribution in [3.8, 4) is 51.4 Å². The van der Waals surface area contributed by atoms with E-state index in [-0.39, 0.29) is 6.61 Å². The van der Waals surface area contributed by atoms with Crippen LogP contribution in [0.25, 0.3) is 43.4 Å². The second kappa shape index (κ2) is 19.4. The van der Waals surface area contributed by atoms with Crippen molar-refractivity contribution in [2.24, 2.45) is 0 Å². The Morgan fingerprint density at radius 3 is 1.40 bits per heavy atom. The van der Waals surface area contributed by atoms with Crippen LogP contribution in [-0.4, -0.2) is 20.8 Å². The molecule has 0 amide bonds. The molecule has 0 aliphatic rings. The van der Waals surface area contributed by atoms with Gasteiger partial charge in [-0.2, -0.15) is 0 Å². The van der Waals surface area contributed by atoms with Gasteiger partial charge in [-0.05, 0) is 76.0 Å². The highest BCUT2D eigenvalue weighted by Gasteiger charge is 2.32. The van der Waals surface area contributed by atoms with Crippen molar-refractivity contribution in [2.45, 2.75) is 39.5 Å². The monoisotopic (exact) mass is 876 g/mol. The molecule has 0 radical (unpaired) electrons. The van der Waals surface area contributed by atoms with E-state index in [0.717, 1.165) is 43.4 Å². The number of hydrogen-bond donors (Lipinski definition) is 0. The lowest BCUT2D eigenvalue weighted by Crippen LogP contribution is -2.15. The number of aryl methyl sites for hydroxylation is 1. The van der Waals surface area contributed by atoms with Crippen LogP contribution < -0.4 is 32.1 Å². The Labute approximate surface area is 371 Å². The van der Waals surface area contributed by atoms with Crippen molar-refractivity contribution >= 4 is 49.5 Å². The van der Waals surface area contributed by atoms with Gasteiger partial charge in [0.2, 0.25) is 0 Å². The molecular formula is C53H50O8P2. The van der Waals surface area contributed by atoms with E-state index in [4.69, 9.17) is 36.6 Å². The van der Waals surface area contributed by atoms with Crippen LogP contribution in [0.4, 0.5) is 0 Å². The average molecular weight is 877 g/mol. The van der Waals surface area contributed by atoms with Crippen molar-refractivity contribution < 1.29 is 36.6 Å². The molecule has 0 N–H and O–H groups in total. The molecule has 0 fully saturated rings. The number of fused-ring (bicyclic) bond motifs is 3. The lowest BCUT2D eigenvalue weighted by Gasteiger charge is -2.29. The highest BCUT2D eigenvalue weighted by Crippen LogP contribution is 2.55. The van der Waals surface area contributed by atoms with E-state index >= 15 is 0 Å². The van der Waals surface area contributed by atoms with Crippen LogP contribution in [0.5, 0.6) is 40.2 Å². The maximum atomic E-state index is 7.19. The van der Waals surface area contributed by atoms with Crippen LogP contribution in [0.2, 0.25) is 0 Å². The van der Waals surface area contributed by atoms with Gasteiger partial charge in [0.05, 0.1) is 20.8 Å². The summed E-state index contributed by atoms with van der Waals surface area (Å²) in [6.07, 6.45) is 2.28. The fraction of sp³-hybridized carbons (Fsp3) is 0.170. The molecule has 0 bridgehead atoms. The van der Waals surface area contributed by atoms with E-state index in [9.17, 15) is 0 Å². The van der Waals surface area contributed by atoms with Gasteiger partial charge in [0.1, 0.15) is 40.2 Å². The minimum atomic E-state index is -2.17. The standard InChI is InChI=1S/C53H50O8P2/c1-8-31-56-62(57-48-28-16-22-37-19-10-13-25-42(37)48)61-52-46(34-41(55-7)35-47(52)53(3,4)5)45-33-40(54-6)32-36(9-2)51(45)60-63(58-49-29-17-23-38-20-11-14-26-43(38)49)59-50-30-18-24-39-21-12-15-27-44(39)50/h8,10-30,32-35H,1,9,31H2,2-7H3. The first-order chi connectivity index (χ1) is 30.7.